The molecule has 0 spiro atoms. The van der Waals surface area contributed by atoms with E-state index in [1.54, 1.807) is 6.92 Å². The third-order valence-electron chi connectivity index (χ3n) is 2.44. The molecule has 7 heteroatoms. The number of halogens is 1. The first-order valence-electron chi connectivity index (χ1n) is 5.31. The lowest BCUT2D eigenvalue weighted by Crippen LogP contribution is -2.14. The van der Waals surface area contributed by atoms with Gasteiger partial charge in [-0.15, -0.1) is 0 Å². The number of hydrogen-bond acceptors (Lipinski definition) is 4. The molecule has 2 aromatic rings. The van der Waals surface area contributed by atoms with Gasteiger partial charge in [0.25, 0.3) is 10.0 Å². The molecule has 0 saturated carbocycles. The van der Waals surface area contributed by atoms with Crippen molar-refractivity contribution in [1.82, 2.24) is 4.98 Å². The van der Waals surface area contributed by atoms with E-state index in [0.717, 1.165) is 18.5 Å². The predicted molar refractivity (Wildman–Crippen MR) is 67.8 cm³/mol. The average molecular weight is 282 g/mol. The fraction of sp³-hybridized carbons (Fsp3) is 0.0833. The first-order chi connectivity index (χ1) is 8.88. The molecule has 0 unspecified atom stereocenters. The van der Waals surface area contributed by atoms with Gasteiger partial charge in [0.05, 0.1) is 11.9 Å². The number of phenols is 1. The Bertz CT molecular complexity index is 717. The lowest BCUT2D eigenvalue weighted by atomic mass is 10.2. The van der Waals surface area contributed by atoms with Crippen LogP contribution in [0.2, 0.25) is 0 Å². The van der Waals surface area contributed by atoms with Gasteiger partial charge in [0.1, 0.15) is 16.5 Å². The van der Waals surface area contributed by atoms with Crippen LogP contribution in [0, 0.1) is 12.7 Å². The van der Waals surface area contributed by atoms with Crippen molar-refractivity contribution < 1.29 is 17.9 Å². The highest BCUT2D eigenvalue weighted by atomic mass is 32.2. The minimum Gasteiger partial charge on any atom is -0.508 e. The SMILES string of the molecule is Cc1cc(O)ccc1NS(=O)(=O)c1cncc(F)c1. The van der Waals surface area contributed by atoms with Crippen LogP contribution in [0.25, 0.3) is 0 Å². The molecule has 2 rings (SSSR count). The monoisotopic (exact) mass is 282 g/mol. The highest BCUT2D eigenvalue weighted by molar-refractivity contribution is 7.92. The molecule has 0 aliphatic heterocycles. The first-order valence-corrected chi connectivity index (χ1v) is 6.80. The number of rotatable bonds is 3. The van der Waals surface area contributed by atoms with E-state index in [2.05, 4.69) is 9.71 Å². The molecular formula is C12H11FN2O3S. The highest BCUT2D eigenvalue weighted by Crippen LogP contribution is 2.23. The van der Waals surface area contributed by atoms with Crippen molar-refractivity contribution in [3.63, 3.8) is 0 Å². The molecule has 5 nitrogen and oxygen atoms in total. The molecule has 0 atom stereocenters. The Morgan fingerprint density at radius 2 is 2.00 bits per heavy atom. The molecule has 0 saturated heterocycles. The van der Waals surface area contributed by atoms with E-state index in [0.29, 0.717) is 11.3 Å². The van der Waals surface area contributed by atoms with Crippen LogP contribution in [0.4, 0.5) is 10.1 Å². The van der Waals surface area contributed by atoms with Gasteiger partial charge in [-0.25, -0.2) is 12.8 Å². The third kappa shape index (κ3) is 3.00. The number of aromatic nitrogens is 1. The smallest absolute Gasteiger partial charge is 0.263 e. The molecule has 19 heavy (non-hydrogen) atoms. The van der Waals surface area contributed by atoms with Crippen LogP contribution >= 0.6 is 0 Å². The van der Waals surface area contributed by atoms with Crippen LogP contribution in [-0.2, 0) is 10.0 Å². The largest absolute Gasteiger partial charge is 0.508 e. The lowest BCUT2D eigenvalue weighted by Gasteiger charge is -2.10. The quantitative estimate of drug-likeness (QED) is 0.844. The number of nitrogens with one attached hydrogen (secondary N) is 1. The Hall–Kier alpha value is -2.15. The van der Waals surface area contributed by atoms with E-state index in [4.69, 9.17) is 0 Å². The number of aryl methyl sites for hydroxylation is 1. The maximum atomic E-state index is 13.0. The van der Waals surface area contributed by atoms with Crippen LogP contribution < -0.4 is 4.72 Å². The van der Waals surface area contributed by atoms with Crippen molar-refractivity contribution in [1.29, 1.82) is 0 Å². The van der Waals surface area contributed by atoms with Crippen molar-refractivity contribution in [2.75, 3.05) is 4.72 Å². The summed E-state index contributed by atoms with van der Waals surface area (Å²) >= 11 is 0. The van der Waals surface area contributed by atoms with Crippen LogP contribution in [0.3, 0.4) is 0 Å². The van der Waals surface area contributed by atoms with Crippen LogP contribution in [-0.4, -0.2) is 18.5 Å². The summed E-state index contributed by atoms with van der Waals surface area (Å²) in [5, 5.41) is 9.25. The van der Waals surface area contributed by atoms with E-state index < -0.39 is 15.8 Å². The van der Waals surface area contributed by atoms with Gasteiger partial charge in [0.2, 0.25) is 0 Å². The van der Waals surface area contributed by atoms with Gasteiger partial charge < -0.3 is 5.11 Å². The number of anilines is 1. The predicted octanol–water partition coefficient (Wildman–Crippen LogP) is 2.04. The molecule has 1 aromatic carbocycles. The molecule has 0 amide bonds. The number of phenolic OH excluding ortho intramolecular Hbond substituents is 1. The van der Waals surface area contributed by atoms with Crippen molar-refractivity contribution in [2.45, 2.75) is 11.8 Å². The Morgan fingerprint density at radius 1 is 1.26 bits per heavy atom. The summed E-state index contributed by atoms with van der Waals surface area (Å²) in [5.41, 5.74) is 0.856. The number of sulfonamides is 1. The lowest BCUT2D eigenvalue weighted by molar-refractivity contribution is 0.475. The number of nitrogens with zero attached hydrogens (tertiary/aromatic N) is 1. The van der Waals surface area contributed by atoms with Gasteiger partial charge >= 0.3 is 0 Å². The van der Waals surface area contributed by atoms with E-state index in [-0.39, 0.29) is 10.6 Å². The zero-order valence-corrected chi connectivity index (χ0v) is 10.8. The van der Waals surface area contributed by atoms with Gasteiger partial charge in [-0.2, -0.15) is 0 Å². The molecule has 2 N–H and O–H groups in total. The summed E-state index contributed by atoms with van der Waals surface area (Å²) in [6.07, 6.45) is 1.98. The average Bonchev–Trinajstić information content (AvgIpc) is 2.33. The summed E-state index contributed by atoms with van der Waals surface area (Å²) in [7, 11) is -3.91. The summed E-state index contributed by atoms with van der Waals surface area (Å²) in [6.45, 7) is 1.64. The standard InChI is InChI=1S/C12H11FN2O3S/c1-8-4-10(16)2-3-12(8)15-19(17,18)11-5-9(13)6-14-7-11/h2-7,15-16H,1H3. The molecule has 100 valence electrons. The Labute approximate surface area is 109 Å². The fourth-order valence-corrected chi connectivity index (χ4v) is 2.61. The molecule has 0 aliphatic carbocycles. The van der Waals surface area contributed by atoms with Crippen LogP contribution in [0.5, 0.6) is 5.75 Å². The van der Waals surface area contributed by atoms with Crippen molar-refractivity contribution in [3.8, 4) is 5.75 Å². The normalized spacial score (nSPS) is 11.3. The first kappa shape index (κ1) is 13.3. The summed E-state index contributed by atoms with van der Waals surface area (Å²) in [4.78, 5) is 3.23. The molecular weight excluding hydrogens is 271 g/mol. The van der Waals surface area contributed by atoms with Crippen molar-refractivity contribution >= 4 is 15.7 Å². The Balaban J connectivity index is 2.36. The summed E-state index contributed by atoms with van der Waals surface area (Å²) in [6, 6.07) is 5.08. The molecule has 0 bridgehead atoms. The zero-order chi connectivity index (χ0) is 14.0. The maximum absolute atomic E-state index is 13.0. The van der Waals surface area contributed by atoms with Crippen LogP contribution in [0.1, 0.15) is 5.56 Å². The van der Waals surface area contributed by atoms with Gasteiger partial charge in [0.15, 0.2) is 0 Å². The molecule has 0 fully saturated rings. The second-order valence-electron chi connectivity index (χ2n) is 3.94. The van der Waals surface area contributed by atoms with E-state index in [1.807, 2.05) is 0 Å². The molecule has 1 aromatic heterocycles. The fourth-order valence-electron chi connectivity index (χ4n) is 1.51. The molecule has 0 radical (unpaired) electrons. The number of aromatic hydroxyl groups is 1. The summed E-state index contributed by atoms with van der Waals surface area (Å²) in [5.74, 6) is -0.696. The molecule has 0 aliphatic rings. The van der Waals surface area contributed by atoms with Gasteiger partial charge in [-0.1, -0.05) is 0 Å². The highest BCUT2D eigenvalue weighted by Gasteiger charge is 2.16. The number of pyridine rings is 1. The summed E-state index contributed by atoms with van der Waals surface area (Å²) < 4.78 is 39.3. The zero-order valence-electron chi connectivity index (χ0n) is 9.96. The van der Waals surface area contributed by atoms with E-state index in [9.17, 15) is 17.9 Å². The Morgan fingerprint density at radius 3 is 2.63 bits per heavy atom. The number of hydrogen-bond donors (Lipinski definition) is 2. The second-order valence-corrected chi connectivity index (χ2v) is 5.63. The topological polar surface area (TPSA) is 79.3 Å². The van der Waals surface area contributed by atoms with Crippen LogP contribution in [0.15, 0.2) is 41.6 Å². The second kappa shape index (κ2) is 4.85. The van der Waals surface area contributed by atoms with E-state index >= 15 is 0 Å². The number of benzene rings is 1. The van der Waals surface area contributed by atoms with Gasteiger partial charge in [-0.05, 0) is 36.8 Å². The van der Waals surface area contributed by atoms with Crippen molar-refractivity contribution in [2.24, 2.45) is 0 Å². The minimum absolute atomic E-state index is 0.0351. The molecule has 1 heterocycles. The van der Waals surface area contributed by atoms with Crippen molar-refractivity contribution in [3.05, 3.63) is 48.0 Å². The minimum atomic E-state index is -3.91. The maximum Gasteiger partial charge on any atom is 0.263 e. The Kier molecular flexibility index (Phi) is 3.39. The van der Waals surface area contributed by atoms with E-state index in [1.165, 1.54) is 18.2 Å². The van der Waals surface area contributed by atoms with Gasteiger partial charge in [-0.3, -0.25) is 9.71 Å². The third-order valence-corrected chi connectivity index (χ3v) is 3.78. The van der Waals surface area contributed by atoms with Gasteiger partial charge in [0, 0.05) is 6.20 Å².